The number of nitrogens with zero attached hydrogens (tertiary/aromatic N) is 2. The second-order valence-electron chi connectivity index (χ2n) is 4.10. The molecule has 0 spiro atoms. The van der Waals surface area contributed by atoms with Crippen LogP contribution in [0.3, 0.4) is 0 Å². The minimum absolute atomic E-state index is 0.00693. The van der Waals surface area contributed by atoms with Crippen LogP contribution in [0.25, 0.3) is 0 Å². The summed E-state index contributed by atoms with van der Waals surface area (Å²) in [5.41, 5.74) is 0. The lowest BCUT2D eigenvalue weighted by Gasteiger charge is -2.05. The monoisotopic (exact) mass is 310 g/mol. The van der Waals surface area contributed by atoms with E-state index in [1.807, 2.05) is 24.3 Å². The molecule has 0 unspecified atom stereocenters. The minimum Gasteiger partial charge on any atom is -0.355 e. The molecule has 2 N–H and O–H groups in total. The van der Waals surface area contributed by atoms with Crippen molar-refractivity contribution in [3.05, 3.63) is 41.4 Å². The van der Waals surface area contributed by atoms with Gasteiger partial charge in [-0.05, 0) is 18.6 Å². The first kappa shape index (κ1) is 14.9. The van der Waals surface area contributed by atoms with E-state index in [1.165, 1.54) is 18.1 Å². The molecule has 2 rings (SSSR count). The molecule has 5 nitrogen and oxygen atoms in total. The highest BCUT2D eigenvalue weighted by Crippen LogP contribution is 2.26. The smallest absolute Gasteiger partial charge is 0.230 e. The van der Waals surface area contributed by atoms with E-state index in [2.05, 4.69) is 20.5 Å². The minimum atomic E-state index is 0.00693. The van der Waals surface area contributed by atoms with E-state index in [9.17, 15) is 4.79 Å². The number of rotatable bonds is 7. The molecule has 0 fully saturated rings. The van der Waals surface area contributed by atoms with Gasteiger partial charge in [-0.1, -0.05) is 23.7 Å². The van der Waals surface area contributed by atoms with Gasteiger partial charge in [0.1, 0.15) is 12.2 Å². The van der Waals surface area contributed by atoms with Gasteiger partial charge in [-0.25, -0.2) is 4.98 Å². The maximum absolute atomic E-state index is 11.7. The molecular formula is C13H15ClN4OS. The van der Waals surface area contributed by atoms with Gasteiger partial charge < -0.3 is 5.32 Å². The summed E-state index contributed by atoms with van der Waals surface area (Å²) in [6.07, 6.45) is 3.09. The van der Waals surface area contributed by atoms with E-state index >= 15 is 0 Å². The van der Waals surface area contributed by atoms with Crippen molar-refractivity contribution in [2.75, 3.05) is 12.3 Å². The Bertz CT molecular complexity index is 547. The number of hydrogen-bond acceptors (Lipinski definition) is 4. The van der Waals surface area contributed by atoms with E-state index < -0.39 is 0 Å². The SMILES string of the molecule is O=C(CSc1ccccc1Cl)NCCCc1ncn[nH]1. The van der Waals surface area contributed by atoms with Crippen LogP contribution in [0, 0.1) is 0 Å². The van der Waals surface area contributed by atoms with Gasteiger partial charge in [0.2, 0.25) is 5.91 Å². The summed E-state index contributed by atoms with van der Waals surface area (Å²) in [7, 11) is 0. The van der Waals surface area contributed by atoms with E-state index in [4.69, 9.17) is 11.6 Å². The first-order chi connectivity index (χ1) is 9.75. The molecule has 1 amide bonds. The molecule has 0 aliphatic carbocycles. The molecule has 0 aliphatic heterocycles. The summed E-state index contributed by atoms with van der Waals surface area (Å²) >= 11 is 7.46. The molecular weight excluding hydrogens is 296 g/mol. The molecule has 1 heterocycles. The predicted octanol–water partition coefficient (Wildman–Crippen LogP) is 2.30. The highest BCUT2D eigenvalue weighted by Gasteiger charge is 2.05. The second kappa shape index (κ2) is 7.91. The molecule has 7 heteroatoms. The van der Waals surface area contributed by atoms with Crippen LogP contribution in [0.2, 0.25) is 5.02 Å². The van der Waals surface area contributed by atoms with E-state index in [0.29, 0.717) is 17.3 Å². The Kier molecular flexibility index (Phi) is 5.88. The van der Waals surface area contributed by atoms with Gasteiger partial charge in [0, 0.05) is 17.9 Å². The number of carbonyl (C=O) groups is 1. The third-order valence-electron chi connectivity index (χ3n) is 2.57. The van der Waals surface area contributed by atoms with Crippen LogP contribution in [0.1, 0.15) is 12.2 Å². The number of nitrogens with one attached hydrogen (secondary N) is 2. The van der Waals surface area contributed by atoms with Crippen LogP contribution in [0.5, 0.6) is 0 Å². The average molecular weight is 311 g/mol. The van der Waals surface area contributed by atoms with Crippen molar-refractivity contribution in [2.24, 2.45) is 0 Å². The molecule has 0 bridgehead atoms. The lowest BCUT2D eigenvalue weighted by Crippen LogP contribution is -2.26. The maximum Gasteiger partial charge on any atom is 0.230 e. The number of hydrogen-bond donors (Lipinski definition) is 2. The van der Waals surface area contributed by atoms with Gasteiger partial charge in [-0.2, -0.15) is 5.10 Å². The molecule has 0 atom stereocenters. The van der Waals surface area contributed by atoms with Gasteiger partial charge in [0.05, 0.1) is 10.8 Å². The fourth-order valence-corrected chi connectivity index (χ4v) is 2.66. The highest BCUT2D eigenvalue weighted by molar-refractivity contribution is 8.00. The molecule has 20 heavy (non-hydrogen) atoms. The lowest BCUT2D eigenvalue weighted by molar-refractivity contribution is -0.118. The number of aromatic nitrogens is 3. The largest absolute Gasteiger partial charge is 0.355 e. The van der Waals surface area contributed by atoms with Gasteiger partial charge in [0.15, 0.2) is 0 Å². The number of carbonyl (C=O) groups excluding carboxylic acids is 1. The molecule has 106 valence electrons. The molecule has 2 aromatic rings. The Morgan fingerprint density at radius 1 is 1.40 bits per heavy atom. The molecule has 0 aliphatic rings. The Balaban J connectivity index is 1.62. The van der Waals surface area contributed by atoms with Gasteiger partial charge in [0.25, 0.3) is 0 Å². The lowest BCUT2D eigenvalue weighted by atomic mass is 10.3. The summed E-state index contributed by atoms with van der Waals surface area (Å²) in [5, 5.41) is 10.1. The number of thioether (sulfide) groups is 1. The van der Waals surface area contributed by atoms with Crippen molar-refractivity contribution in [1.29, 1.82) is 0 Å². The number of halogens is 1. The summed E-state index contributed by atoms with van der Waals surface area (Å²) in [4.78, 5) is 16.6. The van der Waals surface area contributed by atoms with Gasteiger partial charge >= 0.3 is 0 Å². The van der Waals surface area contributed by atoms with Crippen LogP contribution < -0.4 is 5.32 Å². The van der Waals surface area contributed by atoms with Crippen molar-refractivity contribution in [2.45, 2.75) is 17.7 Å². The zero-order valence-corrected chi connectivity index (χ0v) is 12.4. The van der Waals surface area contributed by atoms with Crippen LogP contribution in [0.4, 0.5) is 0 Å². The zero-order chi connectivity index (χ0) is 14.2. The fourth-order valence-electron chi connectivity index (χ4n) is 1.59. The first-order valence-electron chi connectivity index (χ1n) is 6.24. The number of amides is 1. The first-order valence-corrected chi connectivity index (χ1v) is 7.60. The van der Waals surface area contributed by atoms with Crippen LogP contribution >= 0.6 is 23.4 Å². The second-order valence-corrected chi connectivity index (χ2v) is 5.53. The van der Waals surface area contributed by atoms with Crippen molar-refractivity contribution < 1.29 is 4.79 Å². The van der Waals surface area contributed by atoms with E-state index in [0.717, 1.165) is 23.6 Å². The Hall–Kier alpha value is -1.53. The van der Waals surface area contributed by atoms with E-state index in [-0.39, 0.29) is 5.91 Å². The maximum atomic E-state index is 11.7. The number of benzene rings is 1. The summed E-state index contributed by atoms with van der Waals surface area (Å²) in [6, 6.07) is 7.50. The summed E-state index contributed by atoms with van der Waals surface area (Å²) in [5.74, 6) is 1.21. The summed E-state index contributed by atoms with van der Waals surface area (Å²) < 4.78 is 0. The van der Waals surface area contributed by atoms with Crippen LogP contribution in [-0.4, -0.2) is 33.4 Å². The van der Waals surface area contributed by atoms with E-state index in [1.54, 1.807) is 0 Å². The van der Waals surface area contributed by atoms with Crippen molar-refractivity contribution >= 4 is 29.3 Å². The fraction of sp³-hybridized carbons (Fsp3) is 0.308. The molecule has 0 saturated carbocycles. The standard InChI is InChI=1S/C13H15ClN4OS/c14-10-4-1-2-5-11(10)20-8-13(19)15-7-3-6-12-16-9-17-18-12/h1-2,4-5,9H,3,6-8H2,(H,15,19)(H,16,17,18). The quantitative estimate of drug-likeness (QED) is 0.608. The Morgan fingerprint density at radius 2 is 2.25 bits per heavy atom. The Labute approximate surface area is 126 Å². The molecule has 1 aromatic carbocycles. The topological polar surface area (TPSA) is 70.7 Å². The van der Waals surface area contributed by atoms with Gasteiger partial charge in [-0.3, -0.25) is 9.89 Å². The van der Waals surface area contributed by atoms with Crippen LogP contribution in [0.15, 0.2) is 35.5 Å². The Morgan fingerprint density at radius 3 is 3.00 bits per heavy atom. The third kappa shape index (κ3) is 4.86. The van der Waals surface area contributed by atoms with Crippen molar-refractivity contribution in [3.8, 4) is 0 Å². The molecule has 0 saturated heterocycles. The van der Waals surface area contributed by atoms with Crippen LogP contribution in [-0.2, 0) is 11.2 Å². The number of aromatic amines is 1. The van der Waals surface area contributed by atoms with Crippen molar-refractivity contribution in [3.63, 3.8) is 0 Å². The molecule has 0 radical (unpaired) electrons. The normalized spacial score (nSPS) is 10.4. The van der Waals surface area contributed by atoms with Gasteiger partial charge in [-0.15, -0.1) is 11.8 Å². The highest BCUT2D eigenvalue weighted by atomic mass is 35.5. The third-order valence-corrected chi connectivity index (χ3v) is 4.09. The molecule has 1 aromatic heterocycles. The summed E-state index contributed by atoms with van der Waals surface area (Å²) in [6.45, 7) is 0.628. The zero-order valence-electron chi connectivity index (χ0n) is 10.8. The number of aryl methyl sites for hydroxylation is 1. The average Bonchev–Trinajstić information content (AvgIpc) is 2.96. The predicted molar refractivity (Wildman–Crippen MR) is 79.9 cm³/mol. The number of H-pyrrole nitrogens is 1. The van der Waals surface area contributed by atoms with Crippen molar-refractivity contribution in [1.82, 2.24) is 20.5 Å².